The summed E-state index contributed by atoms with van der Waals surface area (Å²) in [5.74, 6) is -0.283. The van der Waals surface area contributed by atoms with Crippen LogP contribution in [0.1, 0.15) is 6.42 Å². The topological polar surface area (TPSA) is 55.8 Å². The molecule has 0 aromatic heterocycles. The molecule has 1 fully saturated rings. The lowest BCUT2D eigenvalue weighted by molar-refractivity contribution is -0.149. The maximum Gasteiger partial charge on any atom is 0.410 e. The van der Waals surface area contributed by atoms with Crippen LogP contribution in [0.15, 0.2) is 12.2 Å². The number of nitrogens with zero attached hydrogens (tertiary/aromatic N) is 1. The number of fused-ring (bicyclic) bond motifs is 2. The predicted octanol–water partition coefficient (Wildman–Crippen LogP) is 0.802. The number of amides is 1. The van der Waals surface area contributed by atoms with Gasteiger partial charge < -0.3 is 14.4 Å². The van der Waals surface area contributed by atoms with E-state index in [9.17, 15) is 9.59 Å². The van der Waals surface area contributed by atoms with Gasteiger partial charge in [0.05, 0.1) is 26.2 Å². The molecule has 5 heteroatoms. The predicted molar refractivity (Wildman–Crippen MR) is 55.7 cm³/mol. The molecule has 0 N–H and O–H groups in total. The van der Waals surface area contributed by atoms with Gasteiger partial charge in [-0.05, 0) is 12.3 Å². The second kappa shape index (κ2) is 4.15. The molecule has 1 amide bonds. The van der Waals surface area contributed by atoms with Crippen molar-refractivity contribution in [3.05, 3.63) is 12.2 Å². The summed E-state index contributed by atoms with van der Waals surface area (Å²) in [5.41, 5.74) is 0. The van der Waals surface area contributed by atoms with Crippen molar-refractivity contribution in [3.63, 3.8) is 0 Å². The van der Waals surface area contributed by atoms with E-state index in [1.807, 2.05) is 6.08 Å². The lowest BCUT2D eigenvalue weighted by Crippen LogP contribution is -2.55. The minimum absolute atomic E-state index is 0.218. The van der Waals surface area contributed by atoms with E-state index in [-0.39, 0.29) is 29.9 Å². The quantitative estimate of drug-likeness (QED) is 0.489. The lowest BCUT2D eigenvalue weighted by Gasteiger charge is -2.44. The molecule has 1 aliphatic carbocycles. The first-order valence-corrected chi connectivity index (χ1v) is 5.28. The Bertz CT molecular complexity index is 313. The Kier molecular flexibility index (Phi) is 2.85. The number of hydrogen-bond acceptors (Lipinski definition) is 4. The van der Waals surface area contributed by atoms with Gasteiger partial charge in [0.15, 0.2) is 0 Å². The molecule has 5 nitrogen and oxygen atoms in total. The molecule has 3 rings (SSSR count). The number of carbonyl (C=O) groups excluding carboxylic acids is 2. The first-order chi connectivity index (χ1) is 7.67. The van der Waals surface area contributed by atoms with Gasteiger partial charge in [0, 0.05) is 6.54 Å². The van der Waals surface area contributed by atoms with Crippen molar-refractivity contribution < 1.29 is 19.1 Å². The third-order valence-electron chi connectivity index (χ3n) is 3.25. The number of carbonyl (C=O) groups is 2. The Balaban J connectivity index is 2.19. The van der Waals surface area contributed by atoms with E-state index in [1.54, 1.807) is 4.90 Å². The molecule has 2 aliphatic heterocycles. The summed E-state index contributed by atoms with van der Waals surface area (Å²) in [7, 11) is 2.72. The summed E-state index contributed by atoms with van der Waals surface area (Å²) in [6.07, 6.45) is 4.33. The van der Waals surface area contributed by atoms with Crippen LogP contribution >= 0.6 is 0 Å². The molecule has 0 saturated carbocycles. The van der Waals surface area contributed by atoms with E-state index < -0.39 is 0 Å². The number of methoxy groups -OCH3 is 2. The molecule has 16 heavy (non-hydrogen) atoms. The number of esters is 1. The molecule has 2 heterocycles. The Morgan fingerprint density at radius 3 is 2.56 bits per heavy atom. The molecule has 3 atom stereocenters. The number of hydrogen-bond donors (Lipinski definition) is 0. The van der Waals surface area contributed by atoms with Crippen LogP contribution in [0.2, 0.25) is 0 Å². The van der Waals surface area contributed by atoms with Crippen molar-refractivity contribution in [2.75, 3.05) is 20.8 Å². The van der Waals surface area contributed by atoms with Crippen LogP contribution in [-0.4, -0.2) is 43.8 Å². The van der Waals surface area contributed by atoms with E-state index in [4.69, 9.17) is 9.47 Å². The van der Waals surface area contributed by atoms with Crippen LogP contribution in [0, 0.1) is 11.8 Å². The zero-order valence-corrected chi connectivity index (χ0v) is 9.38. The number of piperidine rings is 1. The van der Waals surface area contributed by atoms with Gasteiger partial charge in [0.2, 0.25) is 0 Å². The van der Waals surface area contributed by atoms with Crippen LogP contribution < -0.4 is 0 Å². The van der Waals surface area contributed by atoms with E-state index in [0.29, 0.717) is 6.54 Å². The van der Waals surface area contributed by atoms with Crippen LogP contribution in [0.5, 0.6) is 0 Å². The minimum atomic E-state index is -0.382. The average Bonchev–Trinajstić information content (AvgIpc) is 2.37. The fraction of sp³-hybridized carbons (Fsp3) is 0.636. The highest BCUT2D eigenvalue weighted by atomic mass is 16.5. The van der Waals surface area contributed by atoms with E-state index in [1.165, 1.54) is 14.2 Å². The molecule has 1 saturated heterocycles. The van der Waals surface area contributed by atoms with Crippen LogP contribution in [-0.2, 0) is 14.3 Å². The molecular weight excluding hydrogens is 210 g/mol. The van der Waals surface area contributed by atoms with Gasteiger partial charge >= 0.3 is 12.1 Å². The van der Waals surface area contributed by atoms with Crippen LogP contribution in [0.3, 0.4) is 0 Å². The second-order valence-corrected chi connectivity index (χ2v) is 4.12. The van der Waals surface area contributed by atoms with Crippen molar-refractivity contribution in [1.82, 2.24) is 4.90 Å². The SMILES string of the molecule is COC(=O)C1CC2C=CC1N(C(=O)OC)C2. The Hall–Kier alpha value is -1.52. The summed E-state index contributed by atoms with van der Waals surface area (Å²) in [6, 6.07) is -0.218. The van der Waals surface area contributed by atoms with Gasteiger partial charge in [0.1, 0.15) is 0 Å². The summed E-state index contributed by atoms with van der Waals surface area (Å²) in [5, 5.41) is 0. The highest BCUT2D eigenvalue weighted by molar-refractivity contribution is 5.77. The number of ether oxygens (including phenoxy) is 2. The van der Waals surface area contributed by atoms with E-state index >= 15 is 0 Å². The molecule has 0 radical (unpaired) electrons. The van der Waals surface area contributed by atoms with Gasteiger partial charge in [-0.25, -0.2) is 4.79 Å². The highest BCUT2D eigenvalue weighted by Gasteiger charge is 2.44. The minimum Gasteiger partial charge on any atom is -0.469 e. The number of rotatable bonds is 1. The zero-order chi connectivity index (χ0) is 11.7. The maximum atomic E-state index is 11.6. The Morgan fingerprint density at radius 2 is 2.00 bits per heavy atom. The molecule has 0 aromatic rings. The van der Waals surface area contributed by atoms with Gasteiger partial charge in [-0.1, -0.05) is 12.2 Å². The fourth-order valence-corrected chi connectivity index (χ4v) is 2.48. The van der Waals surface area contributed by atoms with Gasteiger partial charge in [0.25, 0.3) is 0 Å². The second-order valence-electron chi connectivity index (χ2n) is 4.12. The van der Waals surface area contributed by atoms with Crippen LogP contribution in [0.25, 0.3) is 0 Å². The normalized spacial score (nSPS) is 31.4. The molecule has 0 spiro atoms. The summed E-state index contributed by atoms with van der Waals surface area (Å²) < 4.78 is 9.46. The maximum absolute atomic E-state index is 11.6. The monoisotopic (exact) mass is 225 g/mol. The van der Waals surface area contributed by atoms with Crippen molar-refractivity contribution in [3.8, 4) is 0 Å². The van der Waals surface area contributed by atoms with Crippen molar-refractivity contribution in [2.24, 2.45) is 11.8 Å². The summed E-state index contributed by atoms with van der Waals surface area (Å²) in [4.78, 5) is 24.7. The van der Waals surface area contributed by atoms with Gasteiger partial charge in [-0.15, -0.1) is 0 Å². The lowest BCUT2D eigenvalue weighted by atomic mass is 9.78. The van der Waals surface area contributed by atoms with E-state index in [2.05, 4.69) is 6.08 Å². The molecule has 2 bridgehead atoms. The Labute approximate surface area is 94.0 Å². The smallest absolute Gasteiger partial charge is 0.410 e. The Morgan fingerprint density at radius 1 is 1.25 bits per heavy atom. The molecular formula is C11H15NO4. The molecule has 3 unspecified atom stereocenters. The average molecular weight is 225 g/mol. The van der Waals surface area contributed by atoms with Crippen molar-refractivity contribution in [2.45, 2.75) is 12.5 Å². The third kappa shape index (κ3) is 1.66. The third-order valence-corrected chi connectivity index (χ3v) is 3.25. The summed E-state index contributed by atoms with van der Waals surface area (Å²) >= 11 is 0. The fourth-order valence-electron chi connectivity index (χ4n) is 2.48. The molecule has 0 aromatic carbocycles. The molecule has 3 aliphatic rings. The van der Waals surface area contributed by atoms with Crippen molar-refractivity contribution >= 4 is 12.1 Å². The van der Waals surface area contributed by atoms with Gasteiger partial charge in [-0.2, -0.15) is 0 Å². The highest BCUT2D eigenvalue weighted by Crippen LogP contribution is 2.35. The molecule has 88 valence electrons. The standard InChI is InChI=1S/C11H15NO4/c1-15-10(13)8-5-7-3-4-9(8)12(6-7)11(14)16-2/h3-4,7-9H,5-6H2,1-2H3. The largest absolute Gasteiger partial charge is 0.469 e. The first kappa shape index (κ1) is 11.0. The van der Waals surface area contributed by atoms with E-state index in [0.717, 1.165) is 6.42 Å². The van der Waals surface area contributed by atoms with Crippen molar-refractivity contribution in [1.29, 1.82) is 0 Å². The first-order valence-electron chi connectivity index (χ1n) is 5.28. The zero-order valence-electron chi connectivity index (χ0n) is 9.38. The summed E-state index contributed by atoms with van der Waals surface area (Å²) in [6.45, 7) is 0.626. The van der Waals surface area contributed by atoms with Gasteiger partial charge in [-0.3, -0.25) is 4.79 Å². The van der Waals surface area contributed by atoms with Crippen LogP contribution in [0.4, 0.5) is 4.79 Å².